The van der Waals surface area contributed by atoms with Gasteiger partial charge in [0.15, 0.2) is 6.79 Å². The second-order valence-corrected chi connectivity index (χ2v) is 7.11. The molecule has 0 atom stereocenters. The van der Waals surface area contributed by atoms with Crippen molar-refractivity contribution in [2.24, 2.45) is 0 Å². The lowest BCUT2D eigenvalue weighted by Crippen LogP contribution is -2.16. The number of methoxy groups -OCH3 is 1. The molecule has 28 heavy (non-hydrogen) atoms. The molecule has 1 saturated heterocycles. The van der Waals surface area contributed by atoms with Crippen LogP contribution in [0.1, 0.15) is 30.0 Å². The van der Waals surface area contributed by atoms with E-state index in [2.05, 4.69) is 6.07 Å². The Morgan fingerprint density at radius 1 is 1.11 bits per heavy atom. The van der Waals surface area contributed by atoms with Gasteiger partial charge in [0.05, 0.1) is 5.52 Å². The summed E-state index contributed by atoms with van der Waals surface area (Å²) in [5.41, 5.74) is 3.10. The Hall–Kier alpha value is -2.44. The van der Waals surface area contributed by atoms with Gasteiger partial charge >= 0.3 is 0 Å². The SMILES string of the molecule is COCOc1cc(F)cc2c1cc(C1CCOCC1)n2-c1ccc(F)c(C)c1. The molecular weight excluding hydrogens is 364 g/mol. The molecule has 6 heteroatoms. The average molecular weight is 387 g/mol. The van der Waals surface area contributed by atoms with E-state index >= 15 is 0 Å². The van der Waals surface area contributed by atoms with Crippen LogP contribution in [0, 0.1) is 18.6 Å². The molecule has 4 rings (SSSR count). The van der Waals surface area contributed by atoms with Gasteiger partial charge in [0.2, 0.25) is 0 Å². The van der Waals surface area contributed by atoms with E-state index in [1.54, 1.807) is 19.1 Å². The molecule has 1 aromatic heterocycles. The summed E-state index contributed by atoms with van der Waals surface area (Å²) in [6.07, 6.45) is 1.76. The van der Waals surface area contributed by atoms with Crippen LogP contribution in [0.2, 0.25) is 0 Å². The summed E-state index contributed by atoms with van der Waals surface area (Å²) in [7, 11) is 1.52. The van der Waals surface area contributed by atoms with E-state index < -0.39 is 5.82 Å². The third kappa shape index (κ3) is 3.50. The third-order valence-electron chi connectivity index (χ3n) is 5.25. The van der Waals surface area contributed by atoms with Crippen LogP contribution >= 0.6 is 0 Å². The topological polar surface area (TPSA) is 32.6 Å². The van der Waals surface area contributed by atoms with Crippen LogP contribution in [-0.2, 0) is 9.47 Å². The fraction of sp³-hybridized carbons (Fsp3) is 0.364. The first-order chi connectivity index (χ1) is 13.6. The number of halogens is 2. The van der Waals surface area contributed by atoms with Gasteiger partial charge in [-0.15, -0.1) is 0 Å². The Morgan fingerprint density at radius 3 is 2.61 bits per heavy atom. The highest BCUT2D eigenvalue weighted by Gasteiger charge is 2.24. The Labute approximate surface area is 162 Å². The van der Waals surface area contributed by atoms with Crippen molar-refractivity contribution in [3.63, 3.8) is 0 Å². The maximum absolute atomic E-state index is 14.4. The lowest BCUT2D eigenvalue weighted by molar-refractivity contribution is 0.0520. The number of hydrogen-bond acceptors (Lipinski definition) is 3. The van der Waals surface area contributed by atoms with Crippen molar-refractivity contribution in [2.45, 2.75) is 25.7 Å². The van der Waals surface area contributed by atoms with Crippen molar-refractivity contribution in [3.05, 3.63) is 59.3 Å². The highest BCUT2D eigenvalue weighted by molar-refractivity contribution is 5.89. The van der Waals surface area contributed by atoms with Crippen LogP contribution < -0.4 is 4.74 Å². The number of aromatic nitrogens is 1. The maximum Gasteiger partial charge on any atom is 0.188 e. The van der Waals surface area contributed by atoms with Crippen molar-refractivity contribution in [3.8, 4) is 11.4 Å². The fourth-order valence-electron chi connectivity index (χ4n) is 3.85. The normalized spacial score (nSPS) is 15.3. The van der Waals surface area contributed by atoms with Gasteiger partial charge in [-0.2, -0.15) is 0 Å². The van der Waals surface area contributed by atoms with Gasteiger partial charge < -0.3 is 18.8 Å². The number of rotatable bonds is 5. The zero-order valence-corrected chi connectivity index (χ0v) is 16.0. The average Bonchev–Trinajstić information content (AvgIpc) is 3.08. The molecule has 148 valence electrons. The summed E-state index contributed by atoms with van der Waals surface area (Å²) in [5, 5.41) is 0.807. The predicted octanol–water partition coefficient (Wildman–Crippen LogP) is 5.09. The van der Waals surface area contributed by atoms with E-state index in [1.807, 2.05) is 4.57 Å². The molecule has 2 aromatic carbocycles. The molecule has 2 heterocycles. The predicted molar refractivity (Wildman–Crippen MR) is 103 cm³/mol. The van der Waals surface area contributed by atoms with E-state index in [1.165, 1.54) is 25.3 Å². The Balaban J connectivity index is 1.95. The minimum Gasteiger partial charge on any atom is -0.467 e. The summed E-state index contributed by atoms with van der Waals surface area (Å²) in [4.78, 5) is 0. The highest BCUT2D eigenvalue weighted by atomic mass is 19.1. The molecule has 1 fully saturated rings. The monoisotopic (exact) mass is 387 g/mol. The number of hydrogen-bond donors (Lipinski definition) is 0. The Kier molecular flexibility index (Phi) is 5.33. The van der Waals surface area contributed by atoms with Crippen LogP contribution in [0.15, 0.2) is 36.4 Å². The zero-order valence-electron chi connectivity index (χ0n) is 16.0. The van der Waals surface area contributed by atoms with E-state index in [9.17, 15) is 8.78 Å². The van der Waals surface area contributed by atoms with Gasteiger partial charge in [0.25, 0.3) is 0 Å². The summed E-state index contributed by atoms with van der Waals surface area (Å²) < 4.78 is 46.4. The lowest BCUT2D eigenvalue weighted by atomic mass is 9.96. The molecule has 0 bridgehead atoms. The first-order valence-electron chi connectivity index (χ1n) is 9.39. The molecule has 0 aliphatic carbocycles. The molecule has 0 radical (unpaired) electrons. The van der Waals surface area contributed by atoms with E-state index in [4.69, 9.17) is 14.2 Å². The summed E-state index contributed by atoms with van der Waals surface area (Å²) >= 11 is 0. The van der Waals surface area contributed by atoms with Gasteiger partial charge in [-0.3, -0.25) is 0 Å². The number of nitrogens with zero attached hydrogens (tertiary/aromatic N) is 1. The number of benzene rings is 2. The summed E-state index contributed by atoms with van der Waals surface area (Å²) in [5.74, 6) is 0.0472. The molecule has 4 nitrogen and oxygen atoms in total. The minimum absolute atomic E-state index is 0.0337. The molecule has 3 aromatic rings. The number of ether oxygens (including phenoxy) is 3. The van der Waals surface area contributed by atoms with E-state index in [0.717, 1.165) is 29.6 Å². The van der Waals surface area contributed by atoms with Crippen LogP contribution in [0.5, 0.6) is 5.75 Å². The van der Waals surface area contributed by atoms with Gasteiger partial charge in [-0.05, 0) is 55.7 Å². The smallest absolute Gasteiger partial charge is 0.188 e. The number of aryl methyl sites for hydroxylation is 1. The molecular formula is C22H23F2NO3. The highest BCUT2D eigenvalue weighted by Crippen LogP contribution is 2.38. The van der Waals surface area contributed by atoms with E-state index in [-0.39, 0.29) is 18.5 Å². The molecule has 1 aliphatic heterocycles. The molecule has 0 amide bonds. The molecule has 0 spiro atoms. The van der Waals surface area contributed by atoms with Gasteiger partial charge in [-0.1, -0.05) is 0 Å². The number of fused-ring (bicyclic) bond motifs is 1. The van der Waals surface area contributed by atoms with Crippen LogP contribution in [0.4, 0.5) is 8.78 Å². The van der Waals surface area contributed by atoms with E-state index in [0.29, 0.717) is 30.0 Å². The summed E-state index contributed by atoms with van der Waals surface area (Å²) in [6, 6.07) is 9.88. The van der Waals surface area contributed by atoms with Gasteiger partial charge in [0.1, 0.15) is 17.4 Å². The standard InChI is InChI=1S/C22H23F2NO3/c1-14-9-17(3-4-19(14)24)25-20(15-5-7-27-8-6-15)12-18-21(25)10-16(23)11-22(18)28-13-26-2/h3-4,9-12,15H,5-8,13H2,1-2H3. The first kappa shape index (κ1) is 18.9. The quantitative estimate of drug-likeness (QED) is 0.572. The first-order valence-corrected chi connectivity index (χ1v) is 9.39. The Bertz CT molecular complexity index is 993. The second kappa shape index (κ2) is 7.89. The van der Waals surface area contributed by atoms with Crippen molar-refractivity contribution in [1.29, 1.82) is 0 Å². The largest absolute Gasteiger partial charge is 0.467 e. The van der Waals surface area contributed by atoms with Crippen molar-refractivity contribution >= 4 is 10.9 Å². The second-order valence-electron chi connectivity index (χ2n) is 7.11. The van der Waals surface area contributed by atoms with Crippen LogP contribution in [0.25, 0.3) is 16.6 Å². The lowest BCUT2D eigenvalue weighted by Gasteiger charge is -2.24. The van der Waals surface area contributed by atoms with Crippen molar-refractivity contribution < 1.29 is 23.0 Å². The molecule has 0 unspecified atom stereocenters. The van der Waals surface area contributed by atoms with Gasteiger partial charge in [-0.25, -0.2) is 8.78 Å². The summed E-state index contributed by atoms with van der Waals surface area (Å²) in [6.45, 7) is 3.14. The minimum atomic E-state index is -0.393. The zero-order chi connectivity index (χ0) is 19.7. The van der Waals surface area contributed by atoms with Gasteiger partial charge in [0, 0.05) is 49.1 Å². The molecule has 1 aliphatic rings. The maximum atomic E-state index is 14.4. The van der Waals surface area contributed by atoms with Crippen molar-refractivity contribution in [1.82, 2.24) is 4.57 Å². The van der Waals surface area contributed by atoms with Crippen molar-refractivity contribution in [2.75, 3.05) is 27.1 Å². The van der Waals surface area contributed by atoms with Crippen LogP contribution in [0.3, 0.4) is 0 Å². The fourth-order valence-corrected chi connectivity index (χ4v) is 3.85. The van der Waals surface area contributed by atoms with Crippen LogP contribution in [-0.4, -0.2) is 31.7 Å². The molecule has 0 N–H and O–H groups in total. The third-order valence-corrected chi connectivity index (χ3v) is 5.25. The Morgan fingerprint density at radius 2 is 1.89 bits per heavy atom. The molecule has 0 saturated carbocycles.